The standard InChI is InChI=1S/C90H160N4O39/c1-6-8-10-12-14-16-18-20-21-22-23-24-25-26-27-29-31-33-35-37-39-41-64(109)94-54(55(104)40-38-36-34-32-30-28-19-17-15-13-11-9-7-2)50-122-84-73(115)72(114)76(62(48-99)125-84)127-86-75(117)82(133-90(88(120)121)43-57(106)66(92-52(4)102)80(131-90)69(111)59(108)45-96)77(63(49-100)126-86)128-83-67(93-53(5)103)78(70(112)60(46-97)123-83)129-85-74(116)81(71(113)61(47-98)124-85)132-89(87(118)119)42-56(105)65(91-51(3)101)79(130-89)68(110)58(107)44-95/h38,40,54-63,65-86,95-100,104-108,110-117H,6-37,39,41-50H2,1-5H3,(H,91,101)(H,92,102)(H,93,103)(H,94,109)(H,118,119)(H,120,121)/b40-38+/t54-,55+,56-,57-,58+,59+,60+,61+,62+,63+,65+,66+,67+,68+,69+,70-,71-,72+,73+,74+,75+,76+,77-,78+,79+,80+,81-,82+,83-,84+,85-,86-,89-,90-/m0/s1. The first kappa shape index (κ1) is 117. The zero-order valence-electron chi connectivity index (χ0n) is 77.8. The van der Waals surface area contributed by atoms with Crippen LogP contribution >= 0.6 is 0 Å². The minimum absolute atomic E-state index is 0.0960. The number of unbranched alkanes of at least 4 members (excludes halogenated alkanes) is 31. The van der Waals surface area contributed by atoms with E-state index >= 15 is 0 Å². The van der Waals surface area contributed by atoms with Crippen LogP contribution in [0, 0.1) is 0 Å². The second kappa shape index (κ2) is 61.1. The Balaban J connectivity index is 1.25. The van der Waals surface area contributed by atoms with Gasteiger partial charge in [0.25, 0.3) is 11.6 Å². The second-order valence-electron chi connectivity index (χ2n) is 36.4. The fourth-order valence-corrected chi connectivity index (χ4v) is 18.0. The molecule has 0 aromatic rings. The molecule has 0 unspecified atom stereocenters. The van der Waals surface area contributed by atoms with Crippen molar-refractivity contribution in [1.29, 1.82) is 0 Å². The van der Waals surface area contributed by atoms with E-state index in [4.69, 9.17) is 56.8 Å². The Bertz CT molecular complexity index is 3310. The molecule has 6 aliphatic heterocycles. The summed E-state index contributed by atoms with van der Waals surface area (Å²) in [6.07, 6.45) is -24.0. The van der Waals surface area contributed by atoms with E-state index < -0.39 is 302 Å². The molecule has 6 saturated heterocycles. The molecule has 0 aromatic heterocycles. The molecule has 25 N–H and O–H groups in total. The van der Waals surface area contributed by atoms with Gasteiger partial charge in [0.05, 0.1) is 82.7 Å². The van der Waals surface area contributed by atoms with Crippen molar-refractivity contribution in [2.24, 2.45) is 0 Å². The normalized spacial score (nSPS) is 34.1. The van der Waals surface area contributed by atoms with Crippen molar-refractivity contribution in [1.82, 2.24) is 21.3 Å². The highest BCUT2D eigenvalue weighted by Gasteiger charge is 2.64. The number of carbonyl (C=O) groups excluding carboxylic acids is 4. The van der Waals surface area contributed by atoms with Crippen molar-refractivity contribution in [3.8, 4) is 0 Å². The van der Waals surface area contributed by atoms with Crippen LogP contribution in [0.3, 0.4) is 0 Å². The van der Waals surface area contributed by atoms with Gasteiger partial charge in [-0.05, 0) is 19.3 Å². The smallest absolute Gasteiger partial charge is 0.364 e. The van der Waals surface area contributed by atoms with Crippen molar-refractivity contribution in [2.45, 2.75) is 473 Å². The lowest BCUT2D eigenvalue weighted by Crippen LogP contribution is -2.72. The molecule has 0 spiro atoms. The Labute approximate surface area is 778 Å². The molecule has 6 aliphatic rings. The molecule has 0 aromatic carbocycles. The number of hydrogen-bond donors (Lipinski definition) is 25. The van der Waals surface area contributed by atoms with Gasteiger partial charge < -0.3 is 185 Å². The largest absolute Gasteiger partial charge is 0.477 e. The highest BCUT2D eigenvalue weighted by Crippen LogP contribution is 2.43. The zero-order chi connectivity index (χ0) is 98.1. The van der Waals surface area contributed by atoms with Gasteiger partial charge in [0.2, 0.25) is 23.6 Å². The first-order valence-corrected chi connectivity index (χ1v) is 48.2. The summed E-state index contributed by atoms with van der Waals surface area (Å²) in [4.78, 5) is 79.7. The number of rotatable bonds is 65. The van der Waals surface area contributed by atoms with Crippen LogP contribution in [0.4, 0.5) is 0 Å². The van der Waals surface area contributed by atoms with Crippen LogP contribution in [-0.4, -0.2) is 396 Å². The fourth-order valence-electron chi connectivity index (χ4n) is 18.0. The maximum atomic E-state index is 14.1. The summed E-state index contributed by atoms with van der Waals surface area (Å²) < 4.78 is 72.5. The Morgan fingerprint density at radius 3 is 1.14 bits per heavy atom. The van der Waals surface area contributed by atoms with Crippen molar-refractivity contribution in [3.05, 3.63) is 12.2 Å². The van der Waals surface area contributed by atoms with Gasteiger partial charge in [-0.15, -0.1) is 0 Å². The quantitative estimate of drug-likeness (QED) is 0.0243. The molecule has 0 bridgehead atoms. The van der Waals surface area contributed by atoms with Crippen LogP contribution in [0.2, 0.25) is 0 Å². The molecule has 133 heavy (non-hydrogen) atoms. The fraction of sp³-hybridized carbons (Fsp3) is 0.911. The van der Waals surface area contributed by atoms with Crippen LogP contribution in [0.5, 0.6) is 0 Å². The third-order valence-electron chi connectivity index (χ3n) is 25.6. The Morgan fingerprint density at radius 2 is 0.737 bits per heavy atom. The minimum Gasteiger partial charge on any atom is -0.477 e. The number of ether oxygens (including phenoxy) is 12. The highest BCUT2D eigenvalue weighted by molar-refractivity contribution is 5.78. The lowest BCUT2D eigenvalue weighted by Gasteiger charge is -2.53. The first-order valence-electron chi connectivity index (χ1n) is 48.2. The summed E-state index contributed by atoms with van der Waals surface area (Å²) in [5.74, 6) is -14.5. The summed E-state index contributed by atoms with van der Waals surface area (Å²) in [6.45, 7) is -0.796. The number of hydrogen-bond acceptors (Lipinski definition) is 37. The maximum absolute atomic E-state index is 14.1. The summed E-state index contributed by atoms with van der Waals surface area (Å²) in [6, 6.07) is -6.95. The number of allylic oxidation sites excluding steroid dienone is 1. The molecule has 6 rings (SSSR count). The number of aliphatic hydroxyl groups is 19. The lowest BCUT2D eigenvalue weighted by molar-refractivity contribution is -0.405. The van der Waals surface area contributed by atoms with Crippen molar-refractivity contribution in [3.63, 3.8) is 0 Å². The number of nitrogens with one attached hydrogen (secondary N) is 4. The number of carboxylic acids is 2. The number of amides is 4. The predicted molar refractivity (Wildman–Crippen MR) is 467 cm³/mol. The van der Waals surface area contributed by atoms with E-state index in [1.807, 2.05) is 0 Å². The number of aliphatic carboxylic acids is 2. The molecule has 0 saturated carbocycles. The van der Waals surface area contributed by atoms with Gasteiger partial charge in [0.15, 0.2) is 25.2 Å². The maximum Gasteiger partial charge on any atom is 0.364 e. The van der Waals surface area contributed by atoms with Crippen molar-refractivity contribution < 1.29 is 193 Å². The van der Waals surface area contributed by atoms with E-state index in [2.05, 4.69) is 35.1 Å². The molecule has 0 aliphatic carbocycles. The van der Waals surface area contributed by atoms with E-state index in [-0.39, 0.29) is 6.42 Å². The van der Waals surface area contributed by atoms with Gasteiger partial charge in [-0.1, -0.05) is 219 Å². The molecule has 4 amide bonds. The van der Waals surface area contributed by atoms with E-state index in [0.717, 1.165) is 85.0 Å². The lowest BCUT2D eigenvalue weighted by atomic mass is 9.88. The summed E-state index contributed by atoms with van der Waals surface area (Å²) in [7, 11) is 0. The average molecular weight is 1920 g/mol. The number of aliphatic hydroxyl groups excluding tert-OH is 19. The molecular formula is C90H160N4O39. The molecule has 774 valence electrons. The zero-order valence-corrected chi connectivity index (χ0v) is 77.8. The Morgan fingerprint density at radius 1 is 0.391 bits per heavy atom. The topological polar surface area (TPSA) is 686 Å². The van der Waals surface area contributed by atoms with Gasteiger partial charge in [-0.3, -0.25) is 19.2 Å². The molecule has 43 nitrogen and oxygen atoms in total. The van der Waals surface area contributed by atoms with E-state index in [1.165, 1.54) is 141 Å². The predicted octanol–water partition coefficient (Wildman–Crippen LogP) is -1.53. The van der Waals surface area contributed by atoms with Crippen LogP contribution in [0.25, 0.3) is 0 Å². The minimum atomic E-state index is -3.50. The molecule has 43 heteroatoms. The first-order chi connectivity index (χ1) is 63.6. The second-order valence-corrected chi connectivity index (χ2v) is 36.4. The number of carbonyl (C=O) groups is 6. The third kappa shape index (κ3) is 35.8. The van der Waals surface area contributed by atoms with E-state index in [0.29, 0.717) is 12.8 Å². The Hall–Kier alpha value is -4.68. The van der Waals surface area contributed by atoms with Gasteiger partial charge in [-0.25, -0.2) is 9.59 Å². The summed E-state index contributed by atoms with van der Waals surface area (Å²) in [5.41, 5.74) is 0. The van der Waals surface area contributed by atoms with Gasteiger partial charge in [-0.2, -0.15) is 0 Å². The molecule has 6 heterocycles. The van der Waals surface area contributed by atoms with Gasteiger partial charge in [0, 0.05) is 40.0 Å². The molecule has 0 radical (unpaired) electrons. The Kier molecular flexibility index (Phi) is 53.8. The van der Waals surface area contributed by atoms with Gasteiger partial charge in [0.1, 0.15) is 134 Å². The van der Waals surface area contributed by atoms with E-state index in [1.54, 1.807) is 6.08 Å². The molecule has 34 atom stereocenters. The third-order valence-corrected chi connectivity index (χ3v) is 25.6. The van der Waals surface area contributed by atoms with Crippen LogP contribution in [0.1, 0.15) is 266 Å². The highest BCUT2D eigenvalue weighted by atomic mass is 16.8. The van der Waals surface area contributed by atoms with Crippen molar-refractivity contribution in [2.75, 3.05) is 46.2 Å². The van der Waals surface area contributed by atoms with Crippen LogP contribution < -0.4 is 21.3 Å². The van der Waals surface area contributed by atoms with E-state index in [9.17, 15) is 136 Å². The summed E-state index contributed by atoms with van der Waals surface area (Å²) >= 11 is 0. The van der Waals surface area contributed by atoms with Crippen LogP contribution in [0.15, 0.2) is 12.2 Å². The monoisotopic (exact) mass is 1920 g/mol. The van der Waals surface area contributed by atoms with Crippen molar-refractivity contribution >= 4 is 35.6 Å². The molecule has 6 fully saturated rings. The average Bonchev–Trinajstić information content (AvgIpc) is 0.749. The molecular weight excluding hydrogens is 1760 g/mol. The van der Waals surface area contributed by atoms with Gasteiger partial charge >= 0.3 is 11.9 Å². The SMILES string of the molecule is CCCCCCCCCCCCC/C=C/[C@@H](O)[C@H](CO[C@@H]1O[C@H](CO)[C@@H](O[C@@H]2O[C@H](CO)[C@H](O[C@@H]3O[C@H](CO)[C@H](O)[C@H](O[C@@H]4O[C@H](CO)[C@H](O)[C@H](O[C@]5(C(=O)O)C[C@H](O)[C@@H](NC(C)=O)[C@H]([C@H](O)[C@H](O)CO)O5)[C@H]4O)[C@H]3NC(C)=O)[C@H](O[C@]3(C(=O)O)C[C@H](O)[C@@H](NC(C)=O)[C@H]([C@H](O)[C@H](O)CO)O3)[C@H]2O)[C@H](O)[C@H]1O)NC(=O)CCCCCCCCCCCCCCCCCCCCCCC. The van der Waals surface area contributed by atoms with Crippen LogP contribution in [-0.2, 0) is 85.6 Å². The summed E-state index contributed by atoms with van der Waals surface area (Å²) in [5, 5.41) is 248. The number of carboxylic acid groups (broad SMARTS) is 2.